The summed E-state index contributed by atoms with van der Waals surface area (Å²) in [4.78, 5) is 4.24. The lowest BCUT2D eigenvalue weighted by atomic mass is 10.1. The molecule has 0 aliphatic carbocycles. The molecule has 0 atom stereocenters. The Morgan fingerprint density at radius 1 is 1.29 bits per heavy atom. The lowest BCUT2D eigenvalue weighted by Crippen LogP contribution is -2.06. The van der Waals surface area contributed by atoms with Crippen molar-refractivity contribution >= 4 is 10.8 Å². The molecular formula is C11H11FN2. The zero-order chi connectivity index (χ0) is 9.97. The zero-order valence-corrected chi connectivity index (χ0v) is 7.92. The number of rotatable bonds is 2. The number of nitrogens with one attached hydrogen (secondary N) is 1. The predicted octanol–water partition coefficient (Wildman–Crippen LogP) is 2.09. The third-order valence-corrected chi connectivity index (χ3v) is 2.10. The van der Waals surface area contributed by atoms with Gasteiger partial charge in [-0.2, -0.15) is 0 Å². The van der Waals surface area contributed by atoms with Gasteiger partial charge in [0.15, 0.2) is 0 Å². The predicted molar refractivity (Wildman–Crippen MR) is 54.5 cm³/mol. The molecule has 0 aliphatic heterocycles. The van der Waals surface area contributed by atoms with Crippen LogP contribution < -0.4 is 5.32 Å². The van der Waals surface area contributed by atoms with Crippen molar-refractivity contribution in [1.29, 1.82) is 0 Å². The molecule has 0 fully saturated rings. The Balaban J connectivity index is 2.52. The number of halogens is 1. The molecule has 3 heteroatoms. The van der Waals surface area contributed by atoms with Crippen molar-refractivity contribution in [2.45, 2.75) is 6.54 Å². The van der Waals surface area contributed by atoms with Gasteiger partial charge in [-0.1, -0.05) is 0 Å². The highest BCUT2D eigenvalue weighted by atomic mass is 19.1. The Labute approximate surface area is 81.8 Å². The molecule has 72 valence electrons. The fourth-order valence-corrected chi connectivity index (χ4v) is 1.44. The maximum absolute atomic E-state index is 12.9. The van der Waals surface area contributed by atoms with E-state index in [0.717, 1.165) is 16.5 Å². The monoisotopic (exact) mass is 190 g/mol. The van der Waals surface area contributed by atoms with Gasteiger partial charge >= 0.3 is 0 Å². The summed E-state index contributed by atoms with van der Waals surface area (Å²) < 4.78 is 12.9. The molecule has 0 saturated carbocycles. The van der Waals surface area contributed by atoms with Crippen molar-refractivity contribution < 1.29 is 4.39 Å². The van der Waals surface area contributed by atoms with Crippen molar-refractivity contribution in [1.82, 2.24) is 10.3 Å². The van der Waals surface area contributed by atoms with Gasteiger partial charge in [0.2, 0.25) is 0 Å². The van der Waals surface area contributed by atoms with Crippen LogP contribution in [0.15, 0.2) is 30.5 Å². The highest BCUT2D eigenvalue weighted by Crippen LogP contribution is 2.15. The molecule has 2 rings (SSSR count). The van der Waals surface area contributed by atoms with E-state index >= 15 is 0 Å². The summed E-state index contributed by atoms with van der Waals surface area (Å²) in [6.45, 7) is 0.701. The zero-order valence-electron chi connectivity index (χ0n) is 7.92. The number of aromatic nitrogens is 1. The van der Waals surface area contributed by atoms with Crippen molar-refractivity contribution in [2.24, 2.45) is 0 Å². The van der Waals surface area contributed by atoms with Crippen LogP contribution in [0.1, 0.15) is 5.69 Å². The maximum Gasteiger partial charge on any atom is 0.123 e. The molecule has 14 heavy (non-hydrogen) atoms. The summed E-state index contributed by atoms with van der Waals surface area (Å²) in [5.41, 5.74) is 0.922. The lowest BCUT2D eigenvalue weighted by molar-refractivity contribution is 0.629. The summed E-state index contributed by atoms with van der Waals surface area (Å²) in [5.74, 6) is -0.209. The average Bonchev–Trinajstić information content (AvgIpc) is 2.17. The van der Waals surface area contributed by atoms with Crippen LogP contribution in [0.25, 0.3) is 10.8 Å². The molecule has 0 bridgehead atoms. The summed E-state index contributed by atoms with van der Waals surface area (Å²) in [5, 5.41) is 4.86. The molecule has 2 aromatic rings. The molecule has 0 saturated heterocycles. The number of fused-ring (bicyclic) bond motifs is 1. The topological polar surface area (TPSA) is 24.9 Å². The van der Waals surface area contributed by atoms with Crippen LogP contribution in [0.2, 0.25) is 0 Å². The minimum Gasteiger partial charge on any atom is -0.314 e. The summed E-state index contributed by atoms with van der Waals surface area (Å²) >= 11 is 0. The van der Waals surface area contributed by atoms with Crippen molar-refractivity contribution in [3.05, 3.63) is 42.0 Å². The van der Waals surface area contributed by atoms with E-state index in [4.69, 9.17) is 0 Å². The molecular weight excluding hydrogens is 179 g/mol. The first-order chi connectivity index (χ1) is 6.79. The second kappa shape index (κ2) is 3.72. The summed E-state index contributed by atoms with van der Waals surface area (Å²) in [6.07, 6.45) is 1.77. The molecule has 2 nitrogen and oxygen atoms in total. The van der Waals surface area contributed by atoms with Crippen LogP contribution in [0.5, 0.6) is 0 Å². The van der Waals surface area contributed by atoms with Gasteiger partial charge in [0.1, 0.15) is 5.82 Å². The van der Waals surface area contributed by atoms with E-state index in [1.165, 1.54) is 12.1 Å². The Hall–Kier alpha value is -1.48. The summed E-state index contributed by atoms with van der Waals surface area (Å²) in [7, 11) is 1.86. The minimum absolute atomic E-state index is 0.209. The number of pyridine rings is 1. The van der Waals surface area contributed by atoms with Crippen molar-refractivity contribution in [2.75, 3.05) is 7.05 Å². The third-order valence-electron chi connectivity index (χ3n) is 2.10. The van der Waals surface area contributed by atoms with E-state index in [-0.39, 0.29) is 5.82 Å². The number of hydrogen-bond donors (Lipinski definition) is 1. The van der Waals surface area contributed by atoms with Gasteiger partial charge in [0.05, 0.1) is 5.69 Å². The van der Waals surface area contributed by atoms with E-state index in [1.54, 1.807) is 12.3 Å². The molecule has 0 aliphatic rings. The molecule has 1 aromatic heterocycles. The Morgan fingerprint density at radius 2 is 2.14 bits per heavy atom. The minimum atomic E-state index is -0.209. The van der Waals surface area contributed by atoms with Gasteiger partial charge in [-0.3, -0.25) is 4.98 Å². The van der Waals surface area contributed by atoms with Gasteiger partial charge in [0, 0.05) is 18.1 Å². The molecule has 1 N–H and O–H groups in total. The van der Waals surface area contributed by atoms with Gasteiger partial charge in [0.25, 0.3) is 0 Å². The Morgan fingerprint density at radius 3 is 2.93 bits per heavy atom. The van der Waals surface area contributed by atoms with Gasteiger partial charge < -0.3 is 5.32 Å². The maximum atomic E-state index is 12.9. The smallest absolute Gasteiger partial charge is 0.123 e. The first-order valence-electron chi connectivity index (χ1n) is 4.48. The second-order valence-electron chi connectivity index (χ2n) is 3.20. The standard InChI is InChI=1S/C11H11FN2/c1-13-7-11-5-9-4-10(12)3-2-8(9)6-14-11/h2-6,13H,7H2,1H3. The van der Waals surface area contributed by atoms with Crippen molar-refractivity contribution in [3.8, 4) is 0 Å². The Bertz CT molecular complexity index is 454. The van der Waals surface area contributed by atoms with E-state index in [0.29, 0.717) is 6.54 Å². The molecule has 0 amide bonds. The number of benzene rings is 1. The highest BCUT2D eigenvalue weighted by molar-refractivity contribution is 5.81. The fourth-order valence-electron chi connectivity index (χ4n) is 1.44. The van der Waals surface area contributed by atoms with Crippen LogP contribution in [-0.2, 0) is 6.54 Å². The second-order valence-corrected chi connectivity index (χ2v) is 3.20. The first-order valence-corrected chi connectivity index (χ1v) is 4.48. The average molecular weight is 190 g/mol. The SMILES string of the molecule is CNCc1cc2cc(F)ccc2cn1. The molecule has 1 heterocycles. The fraction of sp³-hybridized carbons (Fsp3) is 0.182. The van der Waals surface area contributed by atoms with E-state index in [1.807, 2.05) is 13.1 Å². The number of nitrogens with zero attached hydrogens (tertiary/aromatic N) is 1. The van der Waals surface area contributed by atoms with Crippen LogP contribution in [-0.4, -0.2) is 12.0 Å². The number of hydrogen-bond acceptors (Lipinski definition) is 2. The molecule has 0 radical (unpaired) electrons. The van der Waals surface area contributed by atoms with E-state index < -0.39 is 0 Å². The van der Waals surface area contributed by atoms with Gasteiger partial charge in [-0.25, -0.2) is 4.39 Å². The molecule has 1 aromatic carbocycles. The normalized spacial score (nSPS) is 10.7. The highest BCUT2D eigenvalue weighted by Gasteiger charge is 1.98. The quantitative estimate of drug-likeness (QED) is 0.784. The van der Waals surface area contributed by atoms with Gasteiger partial charge in [-0.15, -0.1) is 0 Å². The Kier molecular flexibility index (Phi) is 2.41. The third kappa shape index (κ3) is 1.72. The van der Waals surface area contributed by atoms with Crippen LogP contribution in [0.4, 0.5) is 4.39 Å². The van der Waals surface area contributed by atoms with E-state index in [2.05, 4.69) is 10.3 Å². The van der Waals surface area contributed by atoms with E-state index in [9.17, 15) is 4.39 Å². The summed E-state index contributed by atoms with van der Waals surface area (Å²) in [6, 6.07) is 6.60. The molecule has 0 spiro atoms. The van der Waals surface area contributed by atoms with Gasteiger partial charge in [-0.05, 0) is 36.7 Å². The first kappa shape index (κ1) is 9.09. The lowest BCUT2D eigenvalue weighted by Gasteiger charge is -2.01. The van der Waals surface area contributed by atoms with Crippen LogP contribution >= 0.6 is 0 Å². The largest absolute Gasteiger partial charge is 0.314 e. The molecule has 0 unspecified atom stereocenters. The van der Waals surface area contributed by atoms with Crippen LogP contribution in [0, 0.1) is 5.82 Å². The van der Waals surface area contributed by atoms with Crippen LogP contribution in [0.3, 0.4) is 0 Å². The van der Waals surface area contributed by atoms with Crippen molar-refractivity contribution in [3.63, 3.8) is 0 Å².